The minimum Gasteiger partial charge on any atom is -0.489 e. The van der Waals surface area contributed by atoms with Crippen LogP contribution in [0.25, 0.3) is 10.9 Å². The monoisotopic (exact) mass is 987 g/mol. The number of rotatable bonds is 12. The van der Waals surface area contributed by atoms with Gasteiger partial charge in [-0.2, -0.15) is 0 Å². The number of anilines is 2. The molecule has 10 rings (SSSR count). The van der Waals surface area contributed by atoms with Gasteiger partial charge in [0, 0.05) is 85.8 Å². The van der Waals surface area contributed by atoms with Crippen molar-refractivity contribution in [2.75, 3.05) is 43.4 Å². The molecule has 3 N–H and O–H groups in total. The Morgan fingerprint density at radius 3 is 2.35 bits per heavy atom. The molecule has 6 amide bonds. The zero-order valence-corrected chi connectivity index (χ0v) is 41.1. The number of nitrogens with one attached hydrogen (secondary N) is 3. The highest BCUT2D eigenvalue weighted by Gasteiger charge is 2.46. The number of likely N-dealkylation sites (tertiary alicyclic amines) is 2. The first-order chi connectivity index (χ1) is 34.4. The molecule has 14 nitrogen and oxygen atoms in total. The third-order valence-electron chi connectivity index (χ3n) is 16.4. The van der Waals surface area contributed by atoms with E-state index in [0.717, 1.165) is 105 Å². The number of ether oxygens (including phenoxy) is 1. The summed E-state index contributed by atoms with van der Waals surface area (Å²) in [6, 6.07) is 16.5. The molecule has 3 saturated heterocycles. The summed E-state index contributed by atoms with van der Waals surface area (Å²) in [5.41, 5.74) is 3.75. The second kappa shape index (κ2) is 21.0. The zero-order valence-electron chi connectivity index (χ0n) is 40.3. The maximum absolute atomic E-state index is 14.1. The first-order valence-corrected chi connectivity index (χ1v) is 26.2. The van der Waals surface area contributed by atoms with Crippen molar-refractivity contribution in [1.29, 1.82) is 0 Å². The quantitative estimate of drug-likeness (QED) is 0.117. The van der Waals surface area contributed by atoms with Gasteiger partial charge in [0.25, 0.3) is 11.8 Å². The maximum Gasteiger partial charge on any atom is 0.264 e. The fourth-order valence-corrected chi connectivity index (χ4v) is 12.4. The van der Waals surface area contributed by atoms with Gasteiger partial charge in [-0.15, -0.1) is 0 Å². The number of hydrogen-bond acceptors (Lipinski definition) is 10. The van der Waals surface area contributed by atoms with Crippen molar-refractivity contribution < 1.29 is 37.9 Å². The molecule has 5 heterocycles. The number of piperidine rings is 3. The number of benzene rings is 3. The Bertz CT molecular complexity index is 2710. The molecule has 2 aliphatic carbocycles. The summed E-state index contributed by atoms with van der Waals surface area (Å²) in [6.45, 7) is 6.02. The van der Waals surface area contributed by atoms with E-state index in [1.165, 1.54) is 6.07 Å². The molecule has 6 aliphatic rings. The van der Waals surface area contributed by atoms with Crippen LogP contribution in [-0.4, -0.2) is 106 Å². The summed E-state index contributed by atoms with van der Waals surface area (Å²) in [5.74, 6) is -0.677. The van der Waals surface area contributed by atoms with Crippen molar-refractivity contribution in [2.24, 2.45) is 23.7 Å². The fraction of sp³-hybridized carbons (Fsp3) is 0.509. The lowest BCUT2D eigenvalue weighted by Gasteiger charge is -2.39. The van der Waals surface area contributed by atoms with Crippen molar-refractivity contribution in [3.05, 3.63) is 94.4 Å². The number of nitrogens with zero attached hydrogens (tertiary/aromatic N) is 4. The van der Waals surface area contributed by atoms with E-state index in [1.54, 1.807) is 48.7 Å². The highest BCUT2D eigenvalue weighted by Crippen LogP contribution is 2.42. The molecule has 0 radical (unpaired) electrons. The van der Waals surface area contributed by atoms with E-state index in [-0.39, 0.29) is 65.9 Å². The van der Waals surface area contributed by atoms with Gasteiger partial charge in [-0.25, -0.2) is 4.39 Å². The molecule has 3 aromatic carbocycles. The first kappa shape index (κ1) is 48.7. The summed E-state index contributed by atoms with van der Waals surface area (Å²) in [6.07, 6.45) is 12.6. The number of amides is 6. The summed E-state index contributed by atoms with van der Waals surface area (Å²) >= 11 is 6.62. The van der Waals surface area contributed by atoms with E-state index in [1.807, 2.05) is 24.0 Å². The molecule has 4 aliphatic heterocycles. The van der Waals surface area contributed by atoms with Crippen LogP contribution in [-0.2, 0) is 19.2 Å². The Balaban J connectivity index is 0.633. The smallest absolute Gasteiger partial charge is 0.264 e. The van der Waals surface area contributed by atoms with Crippen LogP contribution >= 0.6 is 11.6 Å². The van der Waals surface area contributed by atoms with E-state index in [4.69, 9.17) is 16.3 Å². The average molecular weight is 989 g/mol. The van der Waals surface area contributed by atoms with E-state index >= 15 is 0 Å². The molecule has 1 unspecified atom stereocenters. The van der Waals surface area contributed by atoms with Crippen LogP contribution in [0.2, 0.25) is 5.02 Å². The molecule has 374 valence electrons. The number of fused-ring (bicyclic) bond motifs is 2. The molecule has 16 heteroatoms. The molecule has 4 aromatic rings. The summed E-state index contributed by atoms with van der Waals surface area (Å²) in [5, 5.41) is 10.3. The second-order valence-electron chi connectivity index (χ2n) is 20.9. The van der Waals surface area contributed by atoms with Gasteiger partial charge in [0.15, 0.2) is 0 Å². The molecular formula is C55H63ClFN7O7. The lowest BCUT2D eigenvalue weighted by Crippen LogP contribution is -2.54. The zero-order chi connectivity index (χ0) is 49.3. The molecule has 0 bridgehead atoms. The number of halogens is 2. The third kappa shape index (κ3) is 10.5. The molecule has 2 saturated carbocycles. The van der Waals surface area contributed by atoms with Crippen molar-refractivity contribution >= 4 is 69.3 Å². The Hall–Kier alpha value is -5.93. The van der Waals surface area contributed by atoms with Gasteiger partial charge in [-0.3, -0.25) is 44.0 Å². The Morgan fingerprint density at radius 2 is 1.61 bits per heavy atom. The number of hydrogen-bond donors (Lipinski definition) is 3. The SMILES string of the molecule is C[C@@H](C(=O)Nc1ccc(Cl)c(OC2CCN(C(=O)C3CCN(CC4CCC(Nc5cccc6c5C(=O)N(C5CCC(=O)NC5=O)C6=O)CC4)CC3)CC2)c1)C1CCC(c2ccnc3ccc(F)cc23)CC1. The minimum absolute atomic E-state index is 0.0108. The molecule has 5 fully saturated rings. The van der Waals surface area contributed by atoms with Gasteiger partial charge in [-0.05, 0) is 156 Å². The lowest BCUT2D eigenvalue weighted by molar-refractivity contribution is -0.139. The maximum atomic E-state index is 14.1. The van der Waals surface area contributed by atoms with Crippen LogP contribution in [0.5, 0.6) is 5.75 Å². The van der Waals surface area contributed by atoms with Crippen LogP contribution in [0.3, 0.4) is 0 Å². The van der Waals surface area contributed by atoms with Gasteiger partial charge in [0.2, 0.25) is 23.6 Å². The van der Waals surface area contributed by atoms with E-state index in [9.17, 15) is 33.2 Å². The van der Waals surface area contributed by atoms with Gasteiger partial charge in [0.05, 0.1) is 21.7 Å². The standard InChI is InChI=1S/C55H63ClFN7O7/c1-32(34-7-9-35(10-8-34)41-19-24-58-45-16-11-37(57)29-43(41)45)51(66)60-39-14-15-44(56)48(30-39)71-40-22-27-63(28-23-40)53(68)36-20-25-62(26-21-36)31-33-5-12-38(13-6-33)59-46-4-2-3-42-50(46)55(70)64(54(42)69)47-17-18-49(65)61-52(47)67/h2-4,11,14-16,19,24,29-30,32-36,38,40,47,59H,5-10,12-13,17-18,20-23,25-28,31H2,1H3,(H,60,66)(H,61,65,67)/t32-,33?,34?,35?,38?,47?/m1/s1. The predicted octanol–water partition coefficient (Wildman–Crippen LogP) is 8.73. The number of carbonyl (C=O) groups excluding carboxylic acids is 6. The molecular weight excluding hydrogens is 925 g/mol. The molecule has 2 atom stereocenters. The van der Waals surface area contributed by atoms with Crippen LogP contribution in [0.4, 0.5) is 15.8 Å². The topological polar surface area (TPSA) is 170 Å². The van der Waals surface area contributed by atoms with E-state index in [2.05, 4.69) is 25.8 Å². The average Bonchev–Trinajstić information content (AvgIpc) is 3.64. The van der Waals surface area contributed by atoms with Crippen molar-refractivity contribution in [2.45, 2.75) is 121 Å². The summed E-state index contributed by atoms with van der Waals surface area (Å²) in [7, 11) is 0. The van der Waals surface area contributed by atoms with Gasteiger partial charge >= 0.3 is 0 Å². The van der Waals surface area contributed by atoms with Crippen LogP contribution < -0.4 is 20.7 Å². The first-order valence-electron chi connectivity index (χ1n) is 25.8. The second-order valence-corrected chi connectivity index (χ2v) is 21.3. The fourth-order valence-electron chi connectivity index (χ4n) is 12.3. The highest BCUT2D eigenvalue weighted by molar-refractivity contribution is 6.32. The number of aromatic nitrogens is 1. The number of imide groups is 2. The van der Waals surface area contributed by atoms with Crippen molar-refractivity contribution in [1.82, 2.24) is 25.0 Å². The minimum atomic E-state index is -0.999. The van der Waals surface area contributed by atoms with Gasteiger partial charge < -0.3 is 25.2 Å². The molecule has 1 aromatic heterocycles. The normalized spacial score (nSPS) is 25.2. The van der Waals surface area contributed by atoms with E-state index in [0.29, 0.717) is 65.5 Å². The van der Waals surface area contributed by atoms with Gasteiger partial charge in [-0.1, -0.05) is 24.6 Å². The number of pyridine rings is 1. The van der Waals surface area contributed by atoms with Crippen LogP contribution in [0.1, 0.15) is 129 Å². The van der Waals surface area contributed by atoms with Crippen molar-refractivity contribution in [3.8, 4) is 5.75 Å². The Kier molecular flexibility index (Phi) is 14.4. The predicted molar refractivity (Wildman–Crippen MR) is 268 cm³/mol. The van der Waals surface area contributed by atoms with Crippen molar-refractivity contribution in [3.63, 3.8) is 0 Å². The summed E-state index contributed by atoms with van der Waals surface area (Å²) < 4.78 is 20.5. The highest BCUT2D eigenvalue weighted by atomic mass is 35.5. The lowest BCUT2D eigenvalue weighted by atomic mass is 9.73. The number of carbonyl (C=O) groups is 6. The largest absolute Gasteiger partial charge is 0.489 e. The molecule has 71 heavy (non-hydrogen) atoms. The summed E-state index contributed by atoms with van der Waals surface area (Å²) in [4.78, 5) is 88.4. The van der Waals surface area contributed by atoms with E-state index < -0.39 is 29.7 Å². The van der Waals surface area contributed by atoms with Crippen LogP contribution in [0.15, 0.2) is 66.9 Å². The third-order valence-corrected chi connectivity index (χ3v) is 16.8. The Labute approximate surface area is 418 Å². The molecule has 0 spiro atoms. The van der Waals surface area contributed by atoms with Gasteiger partial charge in [0.1, 0.15) is 23.7 Å². The Morgan fingerprint density at radius 1 is 0.845 bits per heavy atom. The van der Waals surface area contributed by atoms with Crippen LogP contribution in [0, 0.1) is 29.5 Å².